The minimum Gasteiger partial charge on any atom is -0.454 e. The number of aryl methyl sites for hydroxylation is 1. The molecule has 1 aromatic carbocycles. The molecule has 2 aromatic heterocycles. The van der Waals surface area contributed by atoms with Gasteiger partial charge in [-0.05, 0) is 80.9 Å². The van der Waals surface area contributed by atoms with Crippen LogP contribution in [0.4, 0.5) is 4.79 Å². The third-order valence-corrected chi connectivity index (χ3v) is 9.89. The molecule has 1 saturated heterocycles. The zero-order valence-electron chi connectivity index (χ0n) is 25.4. The zero-order valence-corrected chi connectivity index (χ0v) is 27.8. The monoisotopic (exact) mass is 676 g/mol. The lowest BCUT2D eigenvalue weighted by atomic mass is 9.93. The van der Waals surface area contributed by atoms with Crippen LogP contribution < -0.4 is 15.0 Å². The van der Waals surface area contributed by atoms with E-state index in [0.29, 0.717) is 53.4 Å². The Morgan fingerprint density at radius 1 is 1.23 bits per heavy atom. The molecule has 0 saturated carbocycles. The van der Waals surface area contributed by atoms with Crippen LogP contribution in [0.3, 0.4) is 0 Å². The summed E-state index contributed by atoms with van der Waals surface area (Å²) in [4.78, 5) is 41.2. The molecule has 0 unspecified atom stereocenters. The normalized spacial score (nSPS) is 16.5. The van der Waals surface area contributed by atoms with Crippen molar-refractivity contribution in [3.05, 3.63) is 28.4 Å². The predicted octanol–water partition coefficient (Wildman–Crippen LogP) is 4.91. The summed E-state index contributed by atoms with van der Waals surface area (Å²) in [7, 11) is 3.45. The number of quaternary nitrogens is 1. The van der Waals surface area contributed by atoms with Crippen molar-refractivity contribution in [2.45, 2.75) is 75.2 Å². The van der Waals surface area contributed by atoms with Crippen molar-refractivity contribution in [3.63, 3.8) is 0 Å². The lowest BCUT2D eigenvalue weighted by molar-refractivity contribution is -0.833. The van der Waals surface area contributed by atoms with Crippen LogP contribution in [0.2, 0.25) is 0 Å². The van der Waals surface area contributed by atoms with Crippen LogP contribution in [0.25, 0.3) is 11.2 Å². The number of benzene rings is 1. The Balaban J connectivity index is 1.19. The highest BCUT2D eigenvalue weighted by Crippen LogP contribution is 2.42. The van der Waals surface area contributed by atoms with Crippen molar-refractivity contribution >= 4 is 50.9 Å². The number of hydrogen-bond donors (Lipinski definition) is 2. The largest absolute Gasteiger partial charge is 0.516 e. The SMILES string of the molecule is C[C@@H](C(=O)N1CCC(CCn2cnc(=N)c3[nH]c(Sc4cc5c(cc4Br)OCO5)nc32)CC1)[N+](C)(C)C(=O)OC(C)(C)C. The fourth-order valence-electron chi connectivity index (χ4n) is 5.10. The van der Waals surface area contributed by atoms with Crippen LogP contribution in [0.1, 0.15) is 47.0 Å². The average molecular weight is 678 g/mol. The molecule has 43 heavy (non-hydrogen) atoms. The van der Waals surface area contributed by atoms with Crippen LogP contribution >= 0.6 is 27.7 Å². The maximum Gasteiger partial charge on any atom is 0.516 e. The maximum atomic E-state index is 13.3. The van der Waals surface area contributed by atoms with Gasteiger partial charge < -0.3 is 28.7 Å². The third-order valence-electron chi connectivity index (χ3n) is 8.03. The molecule has 2 aliphatic rings. The number of rotatable bonds is 7. The molecule has 1 fully saturated rings. The summed E-state index contributed by atoms with van der Waals surface area (Å²) in [6.45, 7) is 9.48. The Hall–Kier alpha value is -3.10. The number of halogens is 1. The zero-order chi connectivity index (χ0) is 31.1. The van der Waals surface area contributed by atoms with Crippen LogP contribution in [-0.2, 0) is 16.1 Å². The van der Waals surface area contributed by atoms with Gasteiger partial charge in [-0.15, -0.1) is 0 Å². The summed E-state index contributed by atoms with van der Waals surface area (Å²) in [6.07, 6.45) is 3.92. The Morgan fingerprint density at radius 2 is 1.91 bits per heavy atom. The van der Waals surface area contributed by atoms with Gasteiger partial charge in [-0.1, -0.05) is 11.8 Å². The highest BCUT2D eigenvalue weighted by atomic mass is 79.9. The van der Waals surface area contributed by atoms with Gasteiger partial charge in [-0.25, -0.2) is 14.5 Å². The third kappa shape index (κ3) is 6.86. The summed E-state index contributed by atoms with van der Waals surface area (Å²) in [5, 5.41) is 8.97. The van der Waals surface area contributed by atoms with Gasteiger partial charge in [-0.2, -0.15) is 4.79 Å². The minimum atomic E-state index is -0.617. The van der Waals surface area contributed by atoms with Gasteiger partial charge in [0.15, 0.2) is 33.8 Å². The summed E-state index contributed by atoms with van der Waals surface area (Å²) in [5.74, 6) is 1.79. The molecule has 5 rings (SSSR count). The summed E-state index contributed by atoms with van der Waals surface area (Å²) >= 11 is 5.04. The number of imidazole rings is 1. The predicted molar refractivity (Wildman–Crippen MR) is 164 cm³/mol. The van der Waals surface area contributed by atoms with E-state index in [1.54, 1.807) is 27.3 Å². The van der Waals surface area contributed by atoms with E-state index in [2.05, 4.69) is 25.9 Å². The molecule has 3 aromatic rings. The van der Waals surface area contributed by atoms with Crippen molar-refractivity contribution in [2.24, 2.45) is 5.92 Å². The van der Waals surface area contributed by atoms with E-state index in [1.165, 1.54) is 11.8 Å². The topological polar surface area (TPSA) is 135 Å². The average Bonchev–Trinajstić information content (AvgIpc) is 3.58. The molecule has 2 amide bonds. The number of ether oxygens (including phenoxy) is 3. The standard InChI is InChI=1S/C29H39BrN7O5S/c1-17(37(5,6)28(39)42-29(2,3)4)26(38)35-10-7-18(8-11-35)9-12-36-15-32-24(31)23-25(36)34-27(33-23)43-22-14-21-20(13-19(22)30)40-16-41-21/h13-15,17-18,31H,7-12,16H2,1-6H3,(H,33,34)/q+1/t17-/m0/s1. The van der Waals surface area contributed by atoms with E-state index in [1.807, 2.05) is 42.4 Å². The summed E-state index contributed by atoms with van der Waals surface area (Å²) in [6, 6.07) is 3.24. The number of carbonyl (C=O) groups excluding carboxylic acids is 2. The molecule has 0 bridgehead atoms. The Labute approximate surface area is 263 Å². The van der Waals surface area contributed by atoms with Crippen LogP contribution in [0.15, 0.2) is 33.0 Å². The first kappa shape index (κ1) is 31.3. The van der Waals surface area contributed by atoms with Gasteiger partial charge in [0.25, 0.3) is 5.91 Å². The summed E-state index contributed by atoms with van der Waals surface area (Å²) in [5.41, 5.74) is 0.794. The van der Waals surface area contributed by atoms with Gasteiger partial charge in [-0.3, -0.25) is 10.2 Å². The highest BCUT2D eigenvalue weighted by molar-refractivity contribution is 9.10. The molecule has 4 heterocycles. The maximum absolute atomic E-state index is 13.3. The number of aromatic nitrogens is 4. The quantitative estimate of drug-likeness (QED) is 0.337. The molecule has 0 radical (unpaired) electrons. The molecule has 1 atom stereocenters. The van der Waals surface area contributed by atoms with E-state index in [0.717, 1.165) is 28.6 Å². The van der Waals surface area contributed by atoms with Crippen molar-refractivity contribution < 1.29 is 28.3 Å². The second-order valence-corrected chi connectivity index (χ2v) is 14.4. The number of aromatic amines is 1. The van der Waals surface area contributed by atoms with E-state index in [4.69, 9.17) is 24.6 Å². The van der Waals surface area contributed by atoms with Gasteiger partial charge in [0.05, 0.1) is 20.4 Å². The molecule has 2 aliphatic heterocycles. The molecular formula is C29H39BrN7O5S+. The Bertz CT molecular complexity index is 1590. The smallest absolute Gasteiger partial charge is 0.454 e. The first-order valence-corrected chi connectivity index (χ1v) is 16.0. The second-order valence-electron chi connectivity index (χ2n) is 12.5. The van der Waals surface area contributed by atoms with E-state index >= 15 is 0 Å². The van der Waals surface area contributed by atoms with Crippen molar-refractivity contribution in [2.75, 3.05) is 34.0 Å². The van der Waals surface area contributed by atoms with E-state index in [9.17, 15) is 9.59 Å². The number of amides is 2. The molecule has 0 spiro atoms. The van der Waals surface area contributed by atoms with Gasteiger partial charge >= 0.3 is 6.09 Å². The Morgan fingerprint density at radius 3 is 2.58 bits per heavy atom. The fraction of sp³-hybridized carbons (Fsp3) is 0.552. The number of nitrogens with zero attached hydrogens (tertiary/aromatic N) is 5. The first-order valence-electron chi connectivity index (χ1n) is 14.4. The van der Waals surface area contributed by atoms with E-state index in [-0.39, 0.29) is 22.7 Å². The lowest BCUT2D eigenvalue weighted by Crippen LogP contribution is -2.60. The van der Waals surface area contributed by atoms with Crippen LogP contribution in [-0.4, -0.2) is 86.5 Å². The summed E-state index contributed by atoms with van der Waals surface area (Å²) < 4.78 is 19.2. The number of likely N-dealkylation sites (tertiary alicyclic amines) is 1. The Kier molecular flexibility index (Phi) is 8.83. The molecule has 12 nitrogen and oxygen atoms in total. The van der Waals surface area contributed by atoms with Crippen molar-refractivity contribution in [1.29, 1.82) is 5.41 Å². The molecule has 232 valence electrons. The van der Waals surface area contributed by atoms with Gasteiger partial charge in [0.1, 0.15) is 11.1 Å². The van der Waals surface area contributed by atoms with Crippen LogP contribution in [0, 0.1) is 11.3 Å². The highest BCUT2D eigenvalue weighted by Gasteiger charge is 2.43. The lowest BCUT2D eigenvalue weighted by Gasteiger charge is -2.38. The number of H-pyrrole nitrogens is 1. The molecule has 0 aliphatic carbocycles. The number of hydrogen-bond acceptors (Lipinski definition) is 9. The number of piperidine rings is 1. The molecular weight excluding hydrogens is 638 g/mol. The molecule has 14 heteroatoms. The van der Waals surface area contributed by atoms with Crippen molar-refractivity contribution in [1.82, 2.24) is 24.4 Å². The van der Waals surface area contributed by atoms with Gasteiger partial charge in [0.2, 0.25) is 6.79 Å². The first-order chi connectivity index (χ1) is 20.2. The number of likely N-dealkylation sites (N-methyl/N-ethyl adjacent to an activating group) is 1. The molecule has 2 N–H and O–H groups in total. The number of fused-ring (bicyclic) bond motifs is 2. The van der Waals surface area contributed by atoms with Crippen molar-refractivity contribution in [3.8, 4) is 11.5 Å². The van der Waals surface area contributed by atoms with Gasteiger partial charge in [0, 0.05) is 29.0 Å². The fourth-order valence-corrected chi connectivity index (χ4v) is 6.48. The number of nitrogens with one attached hydrogen (secondary N) is 2. The minimum absolute atomic E-state index is 0.0312. The second kappa shape index (κ2) is 12.1. The number of carbonyl (C=O) groups is 2. The van der Waals surface area contributed by atoms with E-state index < -0.39 is 17.7 Å². The van der Waals surface area contributed by atoms with Crippen LogP contribution in [0.5, 0.6) is 11.5 Å².